The second-order valence-electron chi connectivity index (χ2n) is 22.1. The van der Waals surface area contributed by atoms with Crippen molar-refractivity contribution in [3.05, 3.63) is 0 Å². The summed E-state index contributed by atoms with van der Waals surface area (Å²) in [5, 5.41) is 0. The van der Waals surface area contributed by atoms with Gasteiger partial charge in [0.25, 0.3) is 0 Å². The van der Waals surface area contributed by atoms with Crippen LogP contribution in [0.15, 0.2) is 0 Å². The number of esters is 3. The van der Waals surface area contributed by atoms with Gasteiger partial charge in [-0.05, 0) is 31.1 Å². The molecule has 0 rings (SSSR count). The Balaban J connectivity index is 4.20. The number of unbranched alkanes of at least 4 members (excludes halogenated alkanes) is 40. The quantitative estimate of drug-likeness (QED) is 0.0343. The first kappa shape index (κ1) is 66.4. The summed E-state index contributed by atoms with van der Waals surface area (Å²) in [5.41, 5.74) is 0. The Labute approximate surface area is 425 Å². The fourth-order valence-corrected chi connectivity index (χ4v) is 9.55. The summed E-state index contributed by atoms with van der Waals surface area (Å²) >= 11 is 0. The summed E-state index contributed by atoms with van der Waals surface area (Å²) in [5.74, 6) is 0.833. The van der Waals surface area contributed by atoms with Gasteiger partial charge in [0.15, 0.2) is 6.10 Å². The summed E-state index contributed by atoms with van der Waals surface area (Å²) in [6, 6.07) is 0. The van der Waals surface area contributed by atoms with Crippen molar-refractivity contribution in [2.75, 3.05) is 13.2 Å². The minimum absolute atomic E-state index is 0.0631. The average molecular weight is 962 g/mol. The Morgan fingerprint density at radius 1 is 0.309 bits per heavy atom. The molecule has 0 heterocycles. The smallest absolute Gasteiger partial charge is 0.306 e. The Hall–Kier alpha value is -1.59. The van der Waals surface area contributed by atoms with Gasteiger partial charge in [-0.2, -0.15) is 0 Å². The van der Waals surface area contributed by atoms with Gasteiger partial charge >= 0.3 is 17.9 Å². The first-order chi connectivity index (χ1) is 33.3. The molecule has 6 heteroatoms. The summed E-state index contributed by atoms with van der Waals surface area (Å²) < 4.78 is 16.9. The fourth-order valence-electron chi connectivity index (χ4n) is 9.55. The molecule has 0 spiro atoms. The first-order valence-electron chi connectivity index (χ1n) is 30.8. The Bertz CT molecular complexity index is 1040. The predicted molar refractivity (Wildman–Crippen MR) is 293 cm³/mol. The maximum atomic E-state index is 12.9. The molecule has 0 amide bonds. The van der Waals surface area contributed by atoms with Crippen molar-refractivity contribution in [2.24, 2.45) is 11.8 Å². The van der Waals surface area contributed by atoms with Crippen LogP contribution in [0.2, 0.25) is 0 Å². The SMILES string of the molecule is CCCCCCCCCCCCCCCCCCCCCC(=O)O[C@@H](COC(=O)CCCCCCCCCCCCCCCCCCCCC(C)C)COC(=O)CCCCCCCCC(C)CC. The van der Waals surface area contributed by atoms with E-state index >= 15 is 0 Å². The van der Waals surface area contributed by atoms with Gasteiger partial charge in [-0.15, -0.1) is 0 Å². The van der Waals surface area contributed by atoms with E-state index in [0.717, 1.165) is 69.6 Å². The van der Waals surface area contributed by atoms with Gasteiger partial charge in [0, 0.05) is 19.3 Å². The topological polar surface area (TPSA) is 78.9 Å². The van der Waals surface area contributed by atoms with Crippen LogP contribution in [0.3, 0.4) is 0 Å². The summed E-state index contributed by atoms with van der Waals surface area (Å²) in [6.45, 7) is 11.4. The molecule has 1 unspecified atom stereocenters. The Morgan fingerprint density at radius 2 is 0.559 bits per heavy atom. The average Bonchev–Trinajstić information content (AvgIpc) is 3.33. The zero-order valence-electron chi connectivity index (χ0n) is 46.7. The van der Waals surface area contributed by atoms with E-state index in [1.54, 1.807) is 0 Å². The monoisotopic (exact) mass is 961 g/mol. The van der Waals surface area contributed by atoms with E-state index in [1.807, 2.05) is 0 Å². The zero-order valence-corrected chi connectivity index (χ0v) is 46.7. The number of carbonyl (C=O) groups excluding carboxylic acids is 3. The molecular formula is C62H120O6. The molecule has 0 aromatic heterocycles. The molecule has 0 aliphatic carbocycles. The van der Waals surface area contributed by atoms with Crippen LogP contribution in [0, 0.1) is 11.8 Å². The van der Waals surface area contributed by atoms with Gasteiger partial charge in [0.2, 0.25) is 0 Å². The highest BCUT2D eigenvalue weighted by molar-refractivity contribution is 5.71. The highest BCUT2D eigenvalue weighted by atomic mass is 16.6. The number of hydrogen-bond acceptors (Lipinski definition) is 6. The zero-order chi connectivity index (χ0) is 49.6. The van der Waals surface area contributed by atoms with Crippen molar-refractivity contribution in [2.45, 2.75) is 355 Å². The number of hydrogen-bond donors (Lipinski definition) is 0. The highest BCUT2D eigenvalue weighted by Gasteiger charge is 2.19. The van der Waals surface area contributed by atoms with Crippen LogP contribution in [-0.2, 0) is 28.6 Å². The first-order valence-corrected chi connectivity index (χ1v) is 30.8. The summed E-state index contributed by atoms with van der Waals surface area (Å²) in [7, 11) is 0. The summed E-state index contributed by atoms with van der Waals surface area (Å²) in [6.07, 6.45) is 59.7. The van der Waals surface area contributed by atoms with Crippen LogP contribution in [0.5, 0.6) is 0 Å². The molecule has 2 atom stereocenters. The molecule has 0 N–H and O–H groups in total. The molecule has 68 heavy (non-hydrogen) atoms. The maximum absolute atomic E-state index is 12.9. The molecule has 6 nitrogen and oxygen atoms in total. The van der Waals surface area contributed by atoms with Gasteiger partial charge in [-0.25, -0.2) is 0 Å². The minimum atomic E-state index is -0.764. The van der Waals surface area contributed by atoms with E-state index in [2.05, 4.69) is 34.6 Å². The van der Waals surface area contributed by atoms with Crippen molar-refractivity contribution in [1.29, 1.82) is 0 Å². The van der Waals surface area contributed by atoms with Crippen molar-refractivity contribution in [3.63, 3.8) is 0 Å². The van der Waals surface area contributed by atoms with E-state index in [1.165, 1.54) is 238 Å². The third-order valence-electron chi connectivity index (χ3n) is 14.6. The summed E-state index contributed by atoms with van der Waals surface area (Å²) in [4.78, 5) is 38.2. The Kier molecular flexibility index (Phi) is 53.5. The number of carbonyl (C=O) groups is 3. The molecule has 404 valence electrons. The highest BCUT2D eigenvalue weighted by Crippen LogP contribution is 2.19. The molecule has 0 aliphatic heterocycles. The van der Waals surface area contributed by atoms with Crippen LogP contribution < -0.4 is 0 Å². The standard InChI is InChI=1S/C62H120O6/c1-6-8-9-10-11-12-13-14-15-16-17-22-25-28-31-34-37-44-49-54-62(65)68-59(56-67-61(64)53-48-43-39-38-41-46-51-58(5)7-2)55-66-60(63)52-47-42-36-33-30-27-24-21-19-18-20-23-26-29-32-35-40-45-50-57(3)4/h57-59H,6-56H2,1-5H3/t58?,59-/m0/s1. The van der Waals surface area contributed by atoms with E-state index in [0.29, 0.717) is 19.3 Å². The minimum Gasteiger partial charge on any atom is -0.462 e. The van der Waals surface area contributed by atoms with Gasteiger partial charge in [0.05, 0.1) is 0 Å². The van der Waals surface area contributed by atoms with E-state index in [4.69, 9.17) is 14.2 Å². The lowest BCUT2D eigenvalue weighted by Crippen LogP contribution is -2.30. The van der Waals surface area contributed by atoms with Crippen LogP contribution >= 0.6 is 0 Å². The van der Waals surface area contributed by atoms with Crippen LogP contribution in [0.1, 0.15) is 349 Å². The van der Waals surface area contributed by atoms with E-state index < -0.39 is 6.10 Å². The van der Waals surface area contributed by atoms with E-state index in [9.17, 15) is 14.4 Å². The van der Waals surface area contributed by atoms with Crippen LogP contribution in [0.4, 0.5) is 0 Å². The molecule has 0 aromatic rings. The second kappa shape index (κ2) is 54.7. The van der Waals surface area contributed by atoms with Gasteiger partial charge in [-0.3, -0.25) is 14.4 Å². The molecule has 0 radical (unpaired) electrons. The van der Waals surface area contributed by atoms with Gasteiger partial charge in [0.1, 0.15) is 13.2 Å². The lowest BCUT2D eigenvalue weighted by atomic mass is 10.00. The lowest BCUT2D eigenvalue weighted by Gasteiger charge is -2.18. The second-order valence-corrected chi connectivity index (χ2v) is 22.1. The molecular weight excluding hydrogens is 841 g/mol. The maximum Gasteiger partial charge on any atom is 0.306 e. The molecule has 0 fully saturated rings. The van der Waals surface area contributed by atoms with Crippen molar-refractivity contribution < 1.29 is 28.6 Å². The molecule has 0 saturated heterocycles. The fraction of sp³-hybridized carbons (Fsp3) is 0.952. The van der Waals surface area contributed by atoms with Crippen LogP contribution in [0.25, 0.3) is 0 Å². The normalized spacial score (nSPS) is 12.4. The van der Waals surface area contributed by atoms with Crippen molar-refractivity contribution in [3.8, 4) is 0 Å². The molecule has 0 bridgehead atoms. The van der Waals surface area contributed by atoms with Crippen LogP contribution in [-0.4, -0.2) is 37.2 Å². The largest absolute Gasteiger partial charge is 0.462 e. The third kappa shape index (κ3) is 53.8. The molecule has 0 saturated carbocycles. The van der Waals surface area contributed by atoms with Crippen molar-refractivity contribution in [1.82, 2.24) is 0 Å². The predicted octanol–water partition coefficient (Wildman–Crippen LogP) is 20.4. The number of rotatable bonds is 56. The Morgan fingerprint density at radius 3 is 0.838 bits per heavy atom. The molecule has 0 aliphatic rings. The van der Waals surface area contributed by atoms with Gasteiger partial charge in [-0.1, -0.05) is 311 Å². The lowest BCUT2D eigenvalue weighted by molar-refractivity contribution is -0.167. The van der Waals surface area contributed by atoms with E-state index in [-0.39, 0.29) is 31.1 Å². The van der Waals surface area contributed by atoms with Gasteiger partial charge < -0.3 is 14.2 Å². The third-order valence-corrected chi connectivity index (χ3v) is 14.6. The number of ether oxygens (including phenoxy) is 3. The molecule has 0 aromatic carbocycles. The van der Waals surface area contributed by atoms with Crippen molar-refractivity contribution >= 4 is 17.9 Å².